The minimum absolute atomic E-state index is 0.141. The highest BCUT2D eigenvalue weighted by atomic mass is 19.3. The number of aromatic nitrogens is 2. The lowest BCUT2D eigenvalue weighted by Gasteiger charge is -2.27. The summed E-state index contributed by atoms with van der Waals surface area (Å²) in [5.74, 6) is -1.08. The first-order chi connectivity index (χ1) is 15.9. The number of benzene rings is 1. The van der Waals surface area contributed by atoms with Gasteiger partial charge < -0.3 is 15.0 Å². The van der Waals surface area contributed by atoms with Gasteiger partial charge in [0, 0.05) is 25.2 Å². The van der Waals surface area contributed by atoms with E-state index in [2.05, 4.69) is 10.3 Å². The van der Waals surface area contributed by atoms with Crippen LogP contribution in [0.2, 0.25) is 0 Å². The maximum atomic E-state index is 15.2. The molecule has 1 aliphatic heterocycles. The van der Waals surface area contributed by atoms with Crippen LogP contribution < -0.4 is 21.5 Å². The normalized spacial score (nSPS) is 19.6. The first-order valence-electron chi connectivity index (χ1n) is 11.4. The van der Waals surface area contributed by atoms with Gasteiger partial charge in [0.05, 0.1) is 22.2 Å². The largest absolute Gasteiger partial charge is 0.444 e. The van der Waals surface area contributed by atoms with Gasteiger partial charge in [-0.3, -0.25) is 14.3 Å². The fourth-order valence-electron chi connectivity index (χ4n) is 4.63. The number of alkyl carbamates (subject to hydrolysis) is 1. The van der Waals surface area contributed by atoms with Crippen LogP contribution in [0.5, 0.6) is 0 Å². The minimum atomic E-state index is -3.10. The minimum Gasteiger partial charge on any atom is -0.444 e. The lowest BCUT2D eigenvalue weighted by Crippen LogP contribution is -2.42. The van der Waals surface area contributed by atoms with Gasteiger partial charge in [0.2, 0.25) is 0 Å². The van der Waals surface area contributed by atoms with Crippen LogP contribution in [0.25, 0.3) is 10.9 Å². The van der Waals surface area contributed by atoms with Crippen molar-refractivity contribution in [1.29, 1.82) is 0 Å². The fourth-order valence-corrected chi connectivity index (χ4v) is 4.63. The predicted molar refractivity (Wildman–Crippen MR) is 121 cm³/mol. The van der Waals surface area contributed by atoms with Crippen molar-refractivity contribution in [3.63, 3.8) is 0 Å². The zero-order valence-corrected chi connectivity index (χ0v) is 19.6. The van der Waals surface area contributed by atoms with Gasteiger partial charge >= 0.3 is 11.8 Å². The summed E-state index contributed by atoms with van der Waals surface area (Å²) in [5, 5.41) is 2.49. The summed E-state index contributed by atoms with van der Waals surface area (Å²) < 4.78 is 50.5. The van der Waals surface area contributed by atoms with Crippen molar-refractivity contribution in [1.82, 2.24) is 14.9 Å². The second-order valence-corrected chi connectivity index (χ2v) is 10.1. The molecule has 2 heterocycles. The van der Waals surface area contributed by atoms with E-state index in [1.54, 1.807) is 27.7 Å². The van der Waals surface area contributed by atoms with E-state index in [0.29, 0.717) is 19.3 Å². The molecule has 2 aliphatic rings. The molecule has 1 aliphatic carbocycles. The Bertz CT molecular complexity index is 1230. The van der Waals surface area contributed by atoms with Crippen LogP contribution >= 0.6 is 0 Å². The number of rotatable bonds is 5. The van der Waals surface area contributed by atoms with Gasteiger partial charge in [-0.1, -0.05) is 0 Å². The Morgan fingerprint density at radius 2 is 1.91 bits per heavy atom. The Hall–Kier alpha value is -2.98. The molecule has 1 aromatic carbocycles. The zero-order valence-electron chi connectivity index (χ0n) is 19.6. The summed E-state index contributed by atoms with van der Waals surface area (Å²) >= 11 is 0. The number of aromatic amines is 1. The summed E-state index contributed by atoms with van der Waals surface area (Å²) in [6.07, 6.45) is -1.92. The number of halogens is 3. The van der Waals surface area contributed by atoms with E-state index in [4.69, 9.17) is 4.74 Å². The van der Waals surface area contributed by atoms with E-state index in [1.807, 2.05) is 0 Å². The number of H-pyrrole nitrogens is 1. The third kappa shape index (κ3) is 4.65. The van der Waals surface area contributed by atoms with E-state index in [9.17, 15) is 23.2 Å². The topological polar surface area (TPSA) is 96.4 Å². The van der Waals surface area contributed by atoms with Crippen LogP contribution in [0.3, 0.4) is 0 Å². The standard InChI is InChI=1S/C23H29F3N4O4/c1-11(27-22(33)34-23(2,3)4)12-7-8-29(10-12)18-15(24)9-14-17(16(18)19(25)26)30(13-5-6-13)21(32)28-20(14)31/h9,11-13,19H,5-8,10H2,1-4H3,(H,27,33)(H,28,31,32)/t11-,12?/m0/s1. The Kier molecular flexibility index (Phi) is 6.15. The summed E-state index contributed by atoms with van der Waals surface area (Å²) in [6.45, 7) is 7.52. The molecule has 2 fully saturated rings. The molecule has 1 aromatic heterocycles. The van der Waals surface area contributed by atoms with Crippen LogP contribution in [-0.4, -0.2) is 40.4 Å². The summed E-state index contributed by atoms with van der Waals surface area (Å²) in [5.41, 5.74) is -3.47. The highest BCUT2D eigenvalue weighted by molar-refractivity contribution is 5.88. The average Bonchev–Trinajstić information content (AvgIpc) is 3.41. The number of anilines is 1. The van der Waals surface area contributed by atoms with E-state index in [-0.39, 0.29) is 47.7 Å². The van der Waals surface area contributed by atoms with Crippen LogP contribution in [0, 0.1) is 11.7 Å². The van der Waals surface area contributed by atoms with E-state index >= 15 is 4.39 Å². The van der Waals surface area contributed by atoms with Crippen molar-refractivity contribution in [3.05, 3.63) is 38.3 Å². The molecule has 1 saturated heterocycles. The number of hydrogen-bond acceptors (Lipinski definition) is 5. The molecule has 0 bridgehead atoms. The molecule has 186 valence electrons. The molecule has 2 aromatic rings. The van der Waals surface area contributed by atoms with Gasteiger partial charge in [0.1, 0.15) is 11.4 Å². The molecule has 0 spiro atoms. The molecule has 1 unspecified atom stereocenters. The van der Waals surface area contributed by atoms with Crippen molar-refractivity contribution >= 4 is 22.7 Å². The predicted octanol–water partition coefficient (Wildman–Crippen LogP) is 3.84. The number of ether oxygens (including phenoxy) is 1. The monoisotopic (exact) mass is 482 g/mol. The number of nitrogens with zero attached hydrogens (tertiary/aromatic N) is 2. The van der Waals surface area contributed by atoms with Gasteiger partial charge in [-0.25, -0.2) is 22.8 Å². The first kappa shape index (κ1) is 24.2. The molecule has 4 rings (SSSR count). The van der Waals surface area contributed by atoms with Crippen molar-refractivity contribution in [3.8, 4) is 0 Å². The Balaban J connectivity index is 1.70. The zero-order chi connectivity index (χ0) is 24.9. The number of alkyl halides is 2. The number of amides is 1. The second kappa shape index (κ2) is 8.66. The Morgan fingerprint density at radius 1 is 1.24 bits per heavy atom. The smallest absolute Gasteiger partial charge is 0.407 e. The van der Waals surface area contributed by atoms with Crippen molar-refractivity contribution in [2.24, 2.45) is 5.92 Å². The molecule has 11 heteroatoms. The highest BCUT2D eigenvalue weighted by Gasteiger charge is 2.36. The quantitative estimate of drug-likeness (QED) is 0.675. The third-order valence-electron chi connectivity index (χ3n) is 6.31. The second-order valence-electron chi connectivity index (χ2n) is 10.1. The van der Waals surface area contributed by atoms with Crippen LogP contribution in [-0.2, 0) is 4.74 Å². The average molecular weight is 483 g/mol. The molecule has 34 heavy (non-hydrogen) atoms. The van der Waals surface area contributed by atoms with Gasteiger partial charge in [0.15, 0.2) is 0 Å². The molecular formula is C23H29F3N4O4. The molecule has 0 radical (unpaired) electrons. The highest BCUT2D eigenvalue weighted by Crippen LogP contribution is 2.43. The Morgan fingerprint density at radius 3 is 2.50 bits per heavy atom. The Labute approximate surface area is 194 Å². The van der Waals surface area contributed by atoms with E-state index in [0.717, 1.165) is 6.07 Å². The van der Waals surface area contributed by atoms with Crippen molar-refractivity contribution in [2.75, 3.05) is 18.0 Å². The van der Waals surface area contributed by atoms with E-state index in [1.165, 1.54) is 9.47 Å². The number of hydrogen-bond donors (Lipinski definition) is 2. The first-order valence-corrected chi connectivity index (χ1v) is 11.4. The van der Waals surface area contributed by atoms with Gasteiger partial charge in [-0.2, -0.15) is 0 Å². The maximum absolute atomic E-state index is 15.2. The molecule has 1 amide bonds. The molecular weight excluding hydrogens is 453 g/mol. The van der Waals surface area contributed by atoms with Crippen molar-refractivity contribution in [2.45, 2.75) is 71.1 Å². The van der Waals surface area contributed by atoms with Crippen molar-refractivity contribution < 1.29 is 22.7 Å². The lowest BCUT2D eigenvalue weighted by molar-refractivity contribution is 0.0494. The van der Waals surface area contributed by atoms with Crippen LogP contribution in [0.4, 0.5) is 23.7 Å². The SMILES string of the molecule is C[C@H](NC(=O)OC(C)(C)C)C1CCN(c2c(F)cc3c(=O)[nH]c(=O)n(C4CC4)c3c2C(F)F)C1. The van der Waals surface area contributed by atoms with E-state index < -0.39 is 40.7 Å². The summed E-state index contributed by atoms with van der Waals surface area (Å²) in [7, 11) is 0. The van der Waals surface area contributed by atoms with Gasteiger partial charge in [-0.05, 0) is 58.9 Å². The summed E-state index contributed by atoms with van der Waals surface area (Å²) in [6, 6.07) is 0.293. The number of nitrogens with one attached hydrogen (secondary N) is 2. The molecule has 2 N–H and O–H groups in total. The molecule has 8 nitrogen and oxygen atoms in total. The summed E-state index contributed by atoms with van der Waals surface area (Å²) in [4.78, 5) is 40.6. The van der Waals surface area contributed by atoms with Gasteiger partial charge in [-0.15, -0.1) is 0 Å². The molecule has 2 atom stereocenters. The van der Waals surface area contributed by atoms with Crippen LogP contribution in [0.1, 0.15) is 65.0 Å². The van der Waals surface area contributed by atoms with Gasteiger partial charge in [0.25, 0.3) is 12.0 Å². The fraction of sp³-hybridized carbons (Fsp3) is 0.609. The number of carbonyl (C=O) groups excluding carboxylic acids is 1. The number of fused-ring (bicyclic) bond motifs is 1. The lowest BCUT2D eigenvalue weighted by atomic mass is 10.0. The third-order valence-corrected chi connectivity index (χ3v) is 6.31. The van der Waals surface area contributed by atoms with Crippen LogP contribution in [0.15, 0.2) is 15.7 Å². The molecule has 1 saturated carbocycles. The number of carbonyl (C=O) groups is 1. The maximum Gasteiger partial charge on any atom is 0.407 e.